The lowest BCUT2D eigenvalue weighted by molar-refractivity contribution is 0.0730. The maximum Gasteiger partial charge on any atom is 0.256 e. The number of carbonyl (C=O) groups excluding carboxylic acids is 1. The normalized spacial score (nSPS) is 20.0. The Labute approximate surface area is 198 Å². The third-order valence-electron chi connectivity index (χ3n) is 5.91. The summed E-state index contributed by atoms with van der Waals surface area (Å²) in [7, 11) is -3.63. The van der Waals surface area contributed by atoms with Gasteiger partial charge in [0.1, 0.15) is 11.1 Å². The first-order valence-corrected chi connectivity index (χ1v) is 13.1. The minimum absolute atomic E-state index is 0.139. The maximum absolute atomic E-state index is 12.9. The number of nitrogens with zero attached hydrogens (tertiary/aromatic N) is 2. The third kappa shape index (κ3) is 4.56. The average Bonchev–Trinajstić information content (AvgIpc) is 3.10. The molecule has 10 heteroatoms. The number of hydrogen-bond donors (Lipinski definition) is 2. The van der Waals surface area contributed by atoms with Crippen molar-refractivity contribution in [1.29, 1.82) is 5.26 Å². The Morgan fingerprint density at radius 1 is 1.18 bits per heavy atom. The molecule has 3 heterocycles. The van der Waals surface area contributed by atoms with E-state index in [1.54, 1.807) is 0 Å². The number of ether oxygens (including phenoxy) is 1. The van der Waals surface area contributed by atoms with Gasteiger partial charge in [-0.05, 0) is 63.9 Å². The highest BCUT2D eigenvalue weighted by Gasteiger charge is 2.40. The minimum atomic E-state index is -3.63. The summed E-state index contributed by atoms with van der Waals surface area (Å²) in [5, 5.41) is 16.8. The average molecular weight is 489 g/mol. The standard InChI is InChI=1S/C23H28N4O4S2/c1-22(2)13-17-18(14-24)21(32-19(17)23(3,4)26-22)25-20(28)15-5-7-16(8-6-15)33(29,30)27-9-11-31-12-10-27/h5-8,26H,9-13H2,1-4H3,(H,25,28). The summed E-state index contributed by atoms with van der Waals surface area (Å²) < 4.78 is 32.2. The predicted molar refractivity (Wildman–Crippen MR) is 127 cm³/mol. The van der Waals surface area contributed by atoms with E-state index in [0.29, 0.717) is 48.9 Å². The van der Waals surface area contributed by atoms with Gasteiger partial charge in [0.15, 0.2) is 0 Å². The molecule has 0 unspecified atom stereocenters. The number of amides is 1. The van der Waals surface area contributed by atoms with Gasteiger partial charge in [0.05, 0.1) is 23.7 Å². The number of morpholine rings is 1. The SMILES string of the molecule is CC1(C)Cc2c(sc(NC(=O)c3ccc(S(=O)(=O)N4CCOCC4)cc3)c2C#N)C(C)(C)N1. The van der Waals surface area contributed by atoms with E-state index in [-0.39, 0.29) is 21.9 Å². The number of anilines is 1. The highest BCUT2D eigenvalue weighted by Crippen LogP contribution is 2.44. The van der Waals surface area contributed by atoms with Gasteiger partial charge < -0.3 is 15.4 Å². The van der Waals surface area contributed by atoms with Crippen LogP contribution in [0, 0.1) is 11.3 Å². The molecule has 0 aliphatic carbocycles. The highest BCUT2D eigenvalue weighted by atomic mass is 32.2. The first-order chi connectivity index (χ1) is 15.4. The van der Waals surface area contributed by atoms with E-state index in [4.69, 9.17) is 4.74 Å². The van der Waals surface area contributed by atoms with Crippen LogP contribution in [0.3, 0.4) is 0 Å². The summed E-state index contributed by atoms with van der Waals surface area (Å²) in [6.45, 7) is 9.71. The lowest BCUT2D eigenvalue weighted by atomic mass is 9.81. The molecule has 2 N–H and O–H groups in total. The molecule has 0 spiro atoms. The number of rotatable bonds is 4. The second kappa shape index (κ2) is 8.49. The molecular formula is C23H28N4O4S2. The Morgan fingerprint density at radius 2 is 1.82 bits per heavy atom. The van der Waals surface area contributed by atoms with Crippen LogP contribution in [0.2, 0.25) is 0 Å². The predicted octanol–water partition coefficient (Wildman–Crippen LogP) is 3.05. The summed E-state index contributed by atoms with van der Waals surface area (Å²) in [4.78, 5) is 14.1. The van der Waals surface area contributed by atoms with Gasteiger partial charge in [-0.1, -0.05) is 0 Å². The maximum atomic E-state index is 12.9. The molecule has 33 heavy (non-hydrogen) atoms. The summed E-state index contributed by atoms with van der Waals surface area (Å²) in [5.74, 6) is -0.384. The van der Waals surface area contributed by atoms with E-state index < -0.39 is 10.0 Å². The van der Waals surface area contributed by atoms with Gasteiger partial charge in [0.25, 0.3) is 5.91 Å². The van der Waals surface area contributed by atoms with Crippen LogP contribution in [-0.2, 0) is 26.7 Å². The molecule has 2 aliphatic rings. The van der Waals surface area contributed by atoms with Crippen molar-refractivity contribution in [2.45, 2.75) is 50.1 Å². The zero-order valence-corrected chi connectivity index (χ0v) is 20.8. The first kappa shape index (κ1) is 23.9. The molecule has 1 aromatic carbocycles. The Kier molecular flexibility index (Phi) is 6.14. The summed E-state index contributed by atoms with van der Waals surface area (Å²) in [6, 6.07) is 8.16. The Morgan fingerprint density at radius 3 is 2.42 bits per heavy atom. The lowest BCUT2D eigenvalue weighted by Crippen LogP contribution is -2.54. The van der Waals surface area contributed by atoms with Crippen LogP contribution in [0.4, 0.5) is 5.00 Å². The van der Waals surface area contributed by atoms with Crippen LogP contribution in [0.5, 0.6) is 0 Å². The molecule has 1 saturated heterocycles. The molecule has 2 aromatic rings. The zero-order chi connectivity index (χ0) is 24.0. The van der Waals surface area contributed by atoms with Crippen LogP contribution in [0.15, 0.2) is 29.2 Å². The van der Waals surface area contributed by atoms with Crippen molar-refractivity contribution in [3.63, 3.8) is 0 Å². The van der Waals surface area contributed by atoms with Crippen molar-refractivity contribution in [2.24, 2.45) is 0 Å². The third-order valence-corrected chi connectivity index (χ3v) is 9.29. The van der Waals surface area contributed by atoms with Gasteiger partial charge in [-0.2, -0.15) is 9.57 Å². The molecule has 1 amide bonds. The molecule has 176 valence electrons. The lowest BCUT2D eigenvalue weighted by Gasteiger charge is -2.42. The van der Waals surface area contributed by atoms with Crippen molar-refractivity contribution < 1.29 is 17.9 Å². The number of thiophene rings is 1. The zero-order valence-electron chi connectivity index (χ0n) is 19.2. The van der Waals surface area contributed by atoms with Gasteiger partial charge in [0, 0.05) is 34.6 Å². The van der Waals surface area contributed by atoms with E-state index in [9.17, 15) is 18.5 Å². The van der Waals surface area contributed by atoms with Crippen LogP contribution in [0.25, 0.3) is 0 Å². The molecule has 2 aliphatic heterocycles. The molecule has 1 fully saturated rings. The van der Waals surface area contributed by atoms with E-state index in [0.717, 1.165) is 10.4 Å². The van der Waals surface area contributed by atoms with Gasteiger partial charge in [-0.3, -0.25) is 4.79 Å². The second-order valence-electron chi connectivity index (χ2n) is 9.53. The molecule has 4 rings (SSSR count). The molecular weight excluding hydrogens is 460 g/mol. The molecule has 0 saturated carbocycles. The number of hydrogen-bond acceptors (Lipinski definition) is 7. The number of nitriles is 1. The monoisotopic (exact) mass is 488 g/mol. The topological polar surface area (TPSA) is 112 Å². The number of fused-ring (bicyclic) bond motifs is 1. The van der Waals surface area contributed by atoms with Crippen LogP contribution >= 0.6 is 11.3 Å². The van der Waals surface area contributed by atoms with E-state index in [2.05, 4.69) is 44.4 Å². The smallest absolute Gasteiger partial charge is 0.256 e. The Hall–Kier alpha value is -2.29. The molecule has 1 aromatic heterocycles. The van der Waals surface area contributed by atoms with Crippen molar-refractivity contribution in [1.82, 2.24) is 9.62 Å². The fraction of sp³-hybridized carbons (Fsp3) is 0.478. The summed E-state index contributed by atoms with van der Waals surface area (Å²) in [5.41, 5.74) is 1.29. The van der Waals surface area contributed by atoms with Crippen molar-refractivity contribution in [3.8, 4) is 6.07 Å². The van der Waals surface area contributed by atoms with Crippen molar-refractivity contribution in [2.75, 3.05) is 31.6 Å². The van der Waals surface area contributed by atoms with Gasteiger partial charge in [0.2, 0.25) is 10.0 Å². The number of benzene rings is 1. The van der Waals surface area contributed by atoms with E-state index in [1.165, 1.54) is 39.9 Å². The fourth-order valence-electron chi connectivity index (χ4n) is 4.62. The van der Waals surface area contributed by atoms with E-state index in [1.807, 2.05) is 0 Å². The van der Waals surface area contributed by atoms with Crippen molar-refractivity contribution in [3.05, 3.63) is 45.8 Å². The second-order valence-corrected chi connectivity index (χ2v) is 12.5. The summed E-state index contributed by atoms with van der Waals surface area (Å²) >= 11 is 1.41. The quantitative estimate of drug-likeness (QED) is 0.684. The fourth-order valence-corrected chi connectivity index (χ4v) is 7.25. The van der Waals surface area contributed by atoms with Gasteiger partial charge in [-0.25, -0.2) is 8.42 Å². The van der Waals surface area contributed by atoms with Crippen LogP contribution in [-0.4, -0.2) is 50.5 Å². The molecule has 0 radical (unpaired) electrons. The summed E-state index contributed by atoms with van der Waals surface area (Å²) in [6.07, 6.45) is 0.690. The molecule has 8 nitrogen and oxygen atoms in total. The molecule has 0 atom stereocenters. The Bertz CT molecular complexity index is 1220. The van der Waals surface area contributed by atoms with Crippen LogP contribution < -0.4 is 10.6 Å². The Balaban J connectivity index is 1.57. The molecule has 0 bridgehead atoms. The van der Waals surface area contributed by atoms with Crippen molar-refractivity contribution >= 4 is 32.3 Å². The van der Waals surface area contributed by atoms with Gasteiger partial charge in [-0.15, -0.1) is 11.3 Å². The minimum Gasteiger partial charge on any atom is -0.379 e. The van der Waals surface area contributed by atoms with E-state index >= 15 is 0 Å². The first-order valence-electron chi connectivity index (χ1n) is 10.8. The number of nitrogens with one attached hydrogen (secondary N) is 2. The largest absolute Gasteiger partial charge is 0.379 e. The number of carbonyl (C=O) groups is 1. The van der Waals surface area contributed by atoms with Crippen LogP contribution in [0.1, 0.15) is 54.1 Å². The number of sulfonamides is 1. The van der Waals surface area contributed by atoms with Gasteiger partial charge >= 0.3 is 0 Å². The highest BCUT2D eigenvalue weighted by molar-refractivity contribution is 7.89.